The highest BCUT2D eigenvalue weighted by Crippen LogP contribution is 2.34. The fourth-order valence-corrected chi connectivity index (χ4v) is 1.83. The monoisotopic (exact) mass is 185 g/mol. The third-order valence-electron chi connectivity index (χ3n) is 2.88. The zero-order valence-electron chi connectivity index (χ0n) is 9.18. The fraction of sp³-hybridized carbons (Fsp3) is 1.00. The lowest BCUT2D eigenvalue weighted by molar-refractivity contribution is 0.181. The standard InChI is InChI=1S/C11H23NO/c1-4-11(10-5-6-10)12-9(2)7-8-13-3/h9-12H,4-8H2,1-3H3. The fourth-order valence-electron chi connectivity index (χ4n) is 1.83. The van der Waals surface area contributed by atoms with Gasteiger partial charge < -0.3 is 10.1 Å². The Labute approximate surface area is 82.0 Å². The lowest BCUT2D eigenvalue weighted by Crippen LogP contribution is -2.38. The van der Waals surface area contributed by atoms with Gasteiger partial charge in [0.15, 0.2) is 0 Å². The molecule has 2 heteroatoms. The highest BCUT2D eigenvalue weighted by molar-refractivity contribution is 4.86. The van der Waals surface area contributed by atoms with Crippen molar-refractivity contribution in [1.29, 1.82) is 0 Å². The van der Waals surface area contributed by atoms with Crippen LogP contribution in [0.3, 0.4) is 0 Å². The maximum absolute atomic E-state index is 5.06. The van der Waals surface area contributed by atoms with Crippen molar-refractivity contribution in [2.45, 2.75) is 51.6 Å². The van der Waals surface area contributed by atoms with Gasteiger partial charge in [-0.25, -0.2) is 0 Å². The number of methoxy groups -OCH3 is 1. The largest absolute Gasteiger partial charge is 0.385 e. The first-order valence-electron chi connectivity index (χ1n) is 5.53. The predicted octanol–water partition coefficient (Wildman–Crippen LogP) is 2.19. The second-order valence-corrected chi connectivity index (χ2v) is 4.20. The van der Waals surface area contributed by atoms with Crippen LogP contribution in [0.2, 0.25) is 0 Å². The van der Waals surface area contributed by atoms with Gasteiger partial charge in [-0.3, -0.25) is 0 Å². The molecule has 0 aromatic carbocycles. The van der Waals surface area contributed by atoms with Crippen molar-refractivity contribution in [2.75, 3.05) is 13.7 Å². The van der Waals surface area contributed by atoms with Gasteiger partial charge in [0, 0.05) is 25.8 Å². The van der Waals surface area contributed by atoms with Crippen LogP contribution in [0, 0.1) is 5.92 Å². The molecule has 2 nitrogen and oxygen atoms in total. The van der Waals surface area contributed by atoms with Crippen LogP contribution in [0.15, 0.2) is 0 Å². The molecular weight excluding hydrogens is 162 g/mol. The van der Waals surface area contributed by atoms with Crippen LogP contribution in [0.5, 0.6) is 0 Å². The molecule has 0 aromatic rings. The molecule has 0 bridgehead atoms. The van der Waals surface area contributed by atoms with Gasteiger partial charge in [-0.2, -0.15) is 0 Å². The van der Waals surface area contributed by atoms with Gasteiger partial charge in [0.2, 0.25) is 0 Å². The normalized spacial score (nSPS) is 21.5. The van der Waals surface area contributed by atoms with Crippen LogP contribution in [0.1, 0.15) is 39.5 Å². The molecule has 1 fully saturated rings. The number of hydrogen-bond donors (Lipinski definition) is 1. The molecule has 0 aliphatic heterocycles. The summed E-state index contributed by atoms with van der Waals surface area (Å²) >= 11 is 0. The summed E-state index contributed by atoms with van der Waals surface area (Å²) in [5, 5.41) is 3.68. The lowest BCUT2D eigenvalue weighted by atomic mass is 10.1. The second kappa shape index (κ2) is 5.61. The van der Waals surface area contributed by atoms with Gasteiger partial charge in [0.1, 0.15) is 0 Å². The summed E-state index contributed by atoms with van der Waals surface area (Å²) in [5.41, 5.74) is 0. The van der Waals surface area contributed by atoms with Crippen molar-refractivity contribution in [3.63, 3.8) is 0 Å². The average Bonchev–Trinajstić information content (AvgIpc) is 2.94. The summed E-state index contributed by atoms with van der Waals surface area (Å²) in [7, 11) is 1.77. The van der Waals surface area contributed by atoms with Gasteiger partial charge in [0.25, 0.3) is 0 Å². The van der Waals surface area contributed by atoms with E-state index in [4.69, 9.17) is 4.74 Å². The summed E-state index contributed by atoms with van der Waals surface area (Å²) in [6, 6.07) is 1.36. The quantitative estimate of drug-likeness (QED) is 0.656. The first-order valence-corrected chi connectivity index (χ1v) is 5.53. The number of rotatable bonds is 7. The summed E-state index contributed by atoms with van der Waals surface area (Å²) in [6.45, 7) is 5.40. The molecule has 0 spiro atoms. The van der Waals surface area contributed by atoms with E-state index in [0.29, 0.717) is 6.04 Å². The zero-order chi connectivity index (χ0) is 9.68. The number of nitrogens with one attached hydrogen (secondary N) is 1. The minimum atomic E-state index is 0.602. The van der Waals surface area contributed by atoms with E-state index in [2.05, 4.69) is 19.2 Å². The van der Waals surface area contributed by atoms with Crippen LogP contribution >= 0.6 is 0 Å². The van der Waals surface area contributed by atoms with Crippen molar-refractivity contribution < 1.29 is 4.74 Å². The van der Waals surface area contributed by atoms with Crippen LogP contribution in [-0.4, -0.2) is 25.8 Å². The van der Waals surface area contributed by atoms with Crippen molar-refractivity contribution in [2.24, 2.45) is 5.92 Å². The summed E-state index contributed by atoms with van der Waals surface area (Å²) < 4.78 is 5.06. The first-order chi connectivity index (χ1) is 6.27. The van der Waals surface area contributed by atoms with Crippen LogP contribution in [0.25, 0.3) is 0 Å². The third-order valence-corrected chi connectivity index (χ3v) is 2.88. The Morgan fingerprint density at radius 1 is 1.46 bits per heavy atom. The van der Waals surface area contributed by atoms with E-state index < -0.39 is 0 Å². The minimum absolute atomic E-state index is 0.602. The third kappa shape index (κ3) is 4.10. The average molecular weight is 185 g/mol. The van der Waals surface area contributed by atoms with Gasteiger partial charge in [-0.05, 0) is 38.5 Å². The Hall–Kier alpha value is -0.0800. The van der Waals surface area contributed by atoms with Gasteiger partial charge in [0.05, 0.1) is 0 Å². The molecule has 2 unspecified atom stereocenters. The molecule has 1 N–H and O–H groups in total. The summed E-state index contributed by atoms with van der Waals surface area (Å²) in [6.07, 6.45) is 5.26. The minimum Gasteiger partial charge on any atom is -0.385 e. The van der Waals surface area contributed by atoms with Crippen molar-refractivity contribution in [3.8, 4) is 0 Å². The van der Waals surface area contributed by atoms with E-state index in [1.54, 1.807) is 7.11 Å². The molecule has 0 amide bonds. The highest BCUT2D eigenvalue weighted by Gasteiger charge is 2.30. The Morgan fingerprint density at radius 3 is 2.62 bits per heavy atom. The van der Waals surface area contributed by atoms with Crippen molar-refractivity contribution in [1.82, 2.24) is 5.32 Å². The van der Waals surface area contributed by atoms with Crippen molar-refractivity contribution in [3.05, 3.63) is 0 Å². The van der Waals surface area contributed by atoms with Gasteiger partial charge in [-0.15, -0.1) is 0 Å². The summed E-state index contributed by atoms with van der Waals surface area (Å²) in [5.74, 6) is 0.968. The van der Waals surface area contributed by atoms with E-state index in [1.165, 1.54) is 19.3 Å². The Balaban J connectivity index is 2.12. The molecule has 1 saturated carbocycles. The van der Waals surface area contributed by atoms with Crippen LogP contribution in [0.4, 0.5) is 0 Å². The Morgan fingerprint density at radius 2 is 2.15 bits per heavy atom. The van der Waals surface area contributed by atoms with Gasteiger partial charge in [-0.1, -0.05) is 6.92 Å². The number of hydrogen-bond acceptors (Lipinski definition) is 2. The highest BCUT2D eigenvalue weighted by atomic mass is 16.5. The van der Waals surface area contributed by atoms with Crippen LogP contribution in [-0.2, 0) is 4.74 Å². The Kier molecular flexibility index (Phi) is 4.74. The predicted molar refractivity (Wildman–Crippen MR) is 55.9 cm³/mol. The molecule has 13 heavy (non-hydrogen) atoms. The maximum Gasteiger partial charge on any atom is 0.0476 e. The van der Waals surface area contributed by atoms with E-state index in [-0.39, 0.29) is 0 Å². The molecule has 2 atom stereocenters. The molecule has 78 valence electrons. The molecule has 1 aliphatic carbocycles. The van der Waals surface area contributed by atoms with E-state index >= 15 is 0 Å². The topological polar surface area (TPSA) is 21.3 Å². The molecule has 0 heterocycles. The molecule has 1 aliphatic rings. The smallest absolute Gasteiger partial charge is 0.0476 e. The lowest BCUT2D eigenvalue weighted by Gasteiger charge is -2.21. The van der Waals surface area contributed by atoms with E-state index in [0.717, 1.165) is 25.0 Å². The molecular formula is C11H23NO. The SMILES string of the molecule is CCC(NC(C)CCOC)C1CC1. The first kappa shape index (κ1) is 11.0. The maximum atomic E-state index is 5.06. The van der Waals surface area contributed by atoms with Crippen LogP contribution < -0.4 is 5.32 Å². The number of ether oxygens (including phenoxy) is 1. The van der Waals surface area contributed by atoms with E-state index in [1.807, 2.05) is 0 Å². The van der Waals surface area contributed by atoms with Crippen molar-refractivity contribution >= 4 is 0 Å². The van der Waals surface area contributed by atoms with E-state index in [9.17, 15) is 0 Å². The molecule has 0 radical (unpaired) electrons. The van der Waals surface area contributed by atoms with Gasteiger partial charge >= 0.3 is 0 Å². The Bertz CT molecular complexity index is 134. The molecule has 0 aromatic heterocycles. The second-order valence-electron chi connectivity index (χ2n) is 4.20. The molecule has 1 rings (SSSR count). The summed E-state index contributed by atoms with van der Waals surface area (Å²) in [4.78, 5) is 0. The molecule has 0 saturated heterocycles. The zero-order valence-corrected chi connectivity index (χ0v) is 9.18.